The average Bonchev–Trinajstić information content (AvgIpc) is 3.29. The van der Waals surface area contributed by atoms with E-state index in [0.717, 1.165) is 28.8 Å². The molecular weight excluding hydrogens is 485 g/mol. The first-order chi connectivity index (χ1) is 17.6. The Hall–Kier alpha value is -4.41. The van der Waals surface area contributed by atoms with Crippen LogP contribution < -0.4 is 10.1 Å². The summed E-state index contributed by atoms with van der Waals surface area (Å²) >= 11 is 0. The summed E-state index contributed by atoms with van der Waals surface area (Å²) in [6.07, 6.45) is 0.323. The number of nitrogens with zero attached hydrogens (tertiary/aromatic N) is 5. The fourth-order valence-electron chi connectivity index (χ4n) is 3.62. The zero-order chi connectivity index (χ0) is 26.6. The van der Waals surface area contributed by atoms with E-state index in [9.17, 15) is 18.0 Å². The minimum Gasteiger partial charge on any atom is -0.406 e. The predicted octanol–water partition coefficient (Wildman–Crippen LogP) is 5.98. The maximum Gasteiger partial charge on any atom is 0.573 e. The van der Waals surface area contributed by atoms with Gasteiger partial charge in [0, 0.05) is 36.1 Å². The molecule has 0 fully saturated rings. The van der Waals surface area contributed by atoms with Gasteiger partial charge in [-0.3, -0.25) is 0 Å². The highest BCUT2D eigenvalue weighted by atomic mass is 19.4. The van der Waals surface area contributed by atoms with Crippen LogP contribution in [0.4, 0.5) is 23.7 Å². The van der Waals surface area contributed by atoms with E-state index in [0.29, 0.717) is 23.7 Å². The molecule has 0 saturated heterocycles. The molecule has 0 aliphatic heterocycles. The number of aryl methyl sites for hydroxylation is 1. The van der Waals surface area contributed by atoms with Crippen LogP contribution in [-0.4, -0.2) is 43.1 Å². The third-order valence-electron chi connectivity index (χ3n) is 5.40. The predicted molar refractivity (Wildman–Crippen MR) is 132 cm³/mol. The summed E-state index contributed by atoms with van der Waals surface area (Å²) in [5.41, 5.74) is 3.81. The lowest BCUT2D eigenvalue weighted by Gasteiger charge is -2.27. The quantitative estimate of drug-likeness (QED) is 0.331. The SMILES string of the molecule is Cc1cnn(-c2cc(-c3cccc(CN(C(=O)Nc4ccc(OC(F)(F)F)cc4)C(C)C)c3)ncn2)c1. The molecule has 0 unspecified atom stereocenters. The summed E-state index contributed by atoms with van der Waals surface area (Å²) in [5.74, 6) is 0.275. The van der Waals surface area contributed by atoms with Gasteiger partial charge >= 0.3 is 12.4 Å². The van der Waals surface area contributed by atoms with Crippen molar-refractivity contribution in [3.05, 3.63) is 84.4 Å². The summed E-state index contributed by atoms with van der Waals surface area (Å²) in [6, 6.07) is 14.0. The van der Waals surface area contributed by atoms with Crippen molar-refractivity contribution in [2.24, 2.45) is 0 Å². The van der Waals surface area contributed by atoms with Gasteiger partial charge in [-0.2, -0.15) is 5.10 Å². The van der Waals surface area contributed by atoms with E-state index in [1.165, 1.54) is 18.5 Å². The first-order valence-electron chi connectivity index (χ1n) is 11.4. The van der Waals surface area contributed by atoms with Gasteiger partial charge in [-0.05, 0) is 62.2 Å². The minimum absolute atomic E-state index is 0.148. The van der Waals surface area contributed by atoms with Gasteiger partial charge in [0.1, 0.15) is 12.1 Å². The van der Waals surface area contributed by atoms with Crippen molar-refractivity contribution in [1.29, 1.82) is 0 Å². The number of alkyl halides is 3. The Morgan fingerprint density at radius 1 is 1.11 bits per heavy atom. The van der Waals surface area contributed by atoms with E-state index in [1.54, 1.807) is 15.8 Å². The minimum atomic E-state index is -4.78. The zero-order valence-corrected chi connectivity index (χ0v) is 20.4. The molecule has 8 nitrogen and oxygen atoms in total. The smallest absolute Gasteiger partial charge is 0.406 e. The van der Waals surface area contributed by atoms with Gasteiger partial charge in [0.15, 0.2) is 5.82 Å². The molecule has 4 rings (SSSR count). The van der Waals surface area contributed by atoms with Gasteiger partial charge in [0.2, 0.25) is 0 Å². The number of ether oxygens (including phenoxy) is 1. The molecule has 2 heterocycles. The molecule has 0 spiro atoms. The van der Waals surface area contributed by atoms with Crippen molar-refractivity contribution in [2.45, 2.75) is 39.7 Å². The highest BCUT2D eigenvalue weighted by Crippen LogP contribution is 2.25. The van der Waals surface area contributed by atoms with Crippen molar-refractivity contribution in [1.82, 2.24) is 24.6 Å². The van der Waals surface area contributed by atoms with Crippen LogP contribution in [0.3, 0.4) is 0 Å². The number of halogens is 3. The van der Waals surface area contributed by atoms with Crippen LogP contribution in [0, 0.1) is 6.92 Å². The number of rotatable bonds is 7. The Morgan fingerprint density at radius 2 is 1.86 bits per heavy atom. The van der Waals surface area contributed by atoms with Crippen molar-refractivity contribution in [2.75, 3.05) is 5.32 Å². The average molecular weight is 511 g/mol. The third-order valence-corrected chi connectivity index (χ3v) is 5.40. The zero-order valence-electron chi connectivity index (χ0n) is 20.4. The normalized spacial score (nSPS) is 11.4. The summed E-state index contributed by atoms with van der Waals surface area (Å²) in [6.45, 7) is 6.02. The molecule has 0 saturated carbocycles. The fourth-order valence-corrected chi connectivity index (χ4v) is 3.62. The van der Waals surface area contributed by atoms with Gasteiger partial charge in [-0.15, -0.1) is 13.2 Å². The molecular formula is C26H25F3N6O2. The Balaban J connectivity index is 1.48. The number of aromatic nitrogens is 4. The number of nitrogens with one attached hydrogen (secondary N) is 1. The monoisotopic (exact) mass is 510 g/mol. The largest absolute Gasteiger partial charge is 0.573 e. The van der Waals surface area contributed by atoms with Crippen LogP contribution in [0.5, 0.6) is 5.75 Å². The van der Waals surface area contributed by atoms with Gasteiger partial charge in [-0.1, -0.05) is 18.2 Å². The standard InChI is InChI=1S/C26H25F3N6O2/c1-17(2)34(25(36)33-21-7-9-22(10-8-21)37-26(27,28)29)15-19-5-4-6-20(11-19)23-12-24(31-16-30-23)35-14-18(3)13-32-35/h4-14,16-17H,15H2,1-3H3,(H,33,36). The van der Waals surface area contributed by atoms with E-state index < -0.39 is 6.36 Å². The van der Waals surface area contributed by atoms with Gasteiger partial charge in [0.05, 0.1) is 11.9 Å². The Labute approximate surface area is 211 Å². The number of amides is 2. The lowest BCUT2D eigenvalue weighted by atomic mass is 10.1. The summed E-state index contributed by atoms with van der Waals surface area (Å²) in [5, 5.41) is 7.02. The first-order valence-corrected chi connectivity index (χ1v) is 11.4. The van der Waals surface area contributed by atoms with Crippen molar-refractivity contribution < 1.29 is 22.7 Å². The number of hydrogen-bond acceptors (Lipinski definition) is 5. The Bertz CT molecular complexity index is 1370. The number of urea groups is 1. The third kappa shape index (κ3) is 6.84. The fraction of sp³-hybridized carbons (Fsp3) is 0.231. The van der Waals surface area contributed by atoms with Crippen LogP contribution in [0.25, 0.3) is 17.1 Å². The van der Waals surface area contributed by atoms with Gasteiger partial charge in [-0.25, -0.2) is 19.4 Å². The van der Waals surface area contributed by atoms with E-state index in [-0.39, 0.29) is 17.8 Å². The van der Waals surface area contributed by atoms with Crippen LogP contribution in [0.1, 0.15) is 25.0 Å². The molecule has 0 radical (unpaired) electrons. The number of hydrogen-bond donors (Lipinski definition) is 1. The topological polar surface area (TPSA) is 85.2 Å². The molecule has 0 aliphatic carbocycles. The van der Waals surface area contributed by atoms with Crippen LogP contribution in [0.15, 0.2) is 73.3 Å². The van der Waals surface area contributed by atoms with Gasteiger partial charge < -0.3 is 15.0 Å². The lowest BCUT2D eigenvalue weighted by molar-refractivity contribution is -0.274. The maximum atomic E-state index is 13.0. The van der Waals surface area contributed by atoms with Gasteiger partial charge in [0.25, 0.3) is 0 Å². The molecule has 0 aliphatic rings. The van der Waals surface area contributed by atoms with Crippen molar-refractivity contribution >= 4 is 11.7 Å². The van der Waals surface area contributed by atoms with E-state index in [2.05, 4.69) is 25.1 Å². The highest BCUT2D eigenvalue weighted by Gasteiger charge is 2.31. The second kappa shape index (κ2) is 10.7. The van der Waals surface area contributed by atoms with Crippen molar-refractivity contribution in [3.63, 3.8) is 0 Å². The van der Waals surface area contributed by atoms with Crippen LogP contribution in [-0.2, 0) is 6.54 Å². The van der Waals surface area contributed by atoms with E-state index in [4.69, 9.17) is 0 Å². The Morgan fingerprint density at radius 3 is 2.51 bits per heavy atom. The van der Waals surface area contributed by atoms with Crippen LogP contribution in [0.2, 0.25) is 0 Å². The molecule has 0 atom stereocenters. The number of anilines is 1. The summed E-state index contributed by atoms with van der Waals surface area (Å²) in [7, 11) is 0. The van der Waals surface area contributed by atoms with Crippen molar-refractivity contribution in [3.8, 4) is 22.8 Å². The molecule has 2 amide bonds. The number of carbonyl (C=O) groups is 1. The highest BCUT2D eigenvalue weighted by molar-refractivity contribution is 5.89. The second-order valence-electron chi connectivity index (χ2n) is 8.65. The molecule has 1 N–H and O–H groups in total. The molecule has 2 aromatic heterocycles. The second-order valence-corrected chi connectivity index (χ2v) is 8.65. The summed E-state index contributed by atoms with van der Waals surface area (Å²) < 4.78 is 42.7. The Kier molecular flexibility index (Phi) is 7.42. The maximum absolute atomic E-state index is 13.0. The first kappa shape index (κ1) is 25.7. The van der Waals surface area contributed by atoms with Crippen LogP contribution >= 0.6 is 0 Å². The molecule has 192 valence electrons. The van der Waals surface area contributed by atoms with E-state index >= 15 is 0 Å². The molecule has 37 heavy (non-hydrogen) atoms. The molecule has 11 heteroatoms. The lowest BCUT2D eigenvalue weighted by Crippen LogP contribution is -2.39. The molecule has 4 aromatic rings. The molecule has 2 aromatic carbocycles. The number of carbonyl (C=O) groups excluding carboxylic acids is 1. The van der Waals surface area contributed by atoms with E-state index in [1.807, 2.05) is 57.3 Å². The number of benzene rings is 2. The summed E-state index contributed by atoms with van der Waals surface area (Å²) in [4.78, 5) is 23.3. The molecule has 0 bridgehead atoms.